The van der Waals surface area contributed by atoms with Crippen molar-refractivity contribution in [3.05, 3.63) is 59.7 Å². The Labute approximate surface area is 176 Å². The molecule has 7 heteroatoms. The van der Waals surface area contributed by atoms with Gasteiger partial charge in [-0.2, -0.15) is 0 Å². The van der Waals surface area contributed by atoms with E-state index in [2.05, 4.69) is 19.2 Å². The molecule has 0 unspecified atom stereocenters. The SMILES string of the molecule is CCOC(=O)c1ccc(NC(=O)CN2CCN(c3ccc(C(C)C)cc3)C2=O)cc1. The lowest BCUT2D eigenvalue weighted by molar-refractivity contribution is -0.116. The van der Waals surface area contributed by atoms with Crippen LogP contribution in [0.2, 0.25) is 0 Å². The molecule has 1 N–H and O–H groups in total. The van der Waals surface area contributed by atoms with Gasteiger partial charge in [0.2, 0.25) is 5.91 Å². The zero-order valence-electron chi connectivity index (χ0n) is 17.6. The van der Waals surface area contributed by atoms with E-state index in [1.165, 1.54) is 10.5 Å². The van der Waals surface area contributed by atoms with Gasteiger partial charge < -0.3 is 15.0 Å². The molecule has 0 aliphatic carbocycles. The van der Waals surface area contributed by atoms with Crippen LogP contribution in [0, 0.1) is 0 Å². The molecule has 0 bridgehead atoms. The van der Waals surface area contributed by atoms with Crippen LogP contribution in [0.15, 0.2) is 48.5 Å². The summed E-state index contributed by atoms with van der Waals surface area (Å²) >= 11 is 0. The number of hydrogen-bond acceptors (Lipinski definition) is 4. The van der Waals surface area contributed by atoms with E-state index in [0.29, 0.717) is 36.9 Å². The van der Waals surface area contributed by atoms with Gasteiger partial charge in [0.05, 0.1) is 12.2 Å². The number of nitrogens with one attached hydrogen (secondary N) is 1. The molecule has 0 aromatic heterocycles. The van der Waals surface area contributed by atoms with E-state index in [-0.39, 0.29) is 18.5 Å². The monoisotopic (exact) mass is 409 g/mol. The fourth-order valence-electron chi connectivity index (χ4n) is 3.29. The Morgan fingerprint density at radius 3 is 2.30 bits per heavy atom. The number of hydrogen-bond donors (Lipinski definition) is 1. The minimum atomic E-state index is -0.403. The van der Waals surface area contributed by atoms with E-state index >= 15 is 0 Å². The molecule has 158 valence electrons. The number of benzene rings is 2. The van der Waals surface area contributed by atoms with Gasteiger partial charge in [0.1, 0.15) is 6.54 Å². The number of amides is 3. The number of rotatable bonds is 7. The zero-order valence-corrected chi connectivity index (χ0v) is 17.6. The molecule has 1 heterocycles. The molecule has 1 aliphatic rings. The van der Waals surface area contributed by atoms with E-state index in [0.717, 1.165) is 5.69 Å². The van der Waals surface area contributed by atoms with Crippen LogP contribution in [0.4, 0.5) is 16.2 Å². The summed E-state index contributed by atoms with van der Waals surface area (Å²) in [6.45, 7) is 7.30. The Morgan fingerprint density at radius 2 is 1.70 bits per heavy atom. The second kappa shape index (κ2) is 9.43. The van der Waals surface area contributed by atoms with E-state index in [1.54, 1.807) is 36.1 Å². The summed E-state index contributed by atoms with van der Waals surface area (Å²) in [5, 5.41) is 2.76. The lowest BCUT2D eigenvalue weighted by Gasteiger charge is -2.19. The Bertz CT molecular complexity index is 907. The van der Waals surface area contributed by atoms with Crippen LogP contribution >= 0.6 is 0 Å². The van der Waals surface area contributed by atoms with E-state index in [9.17, 15) is 14.4 Å². The molecule has 1 saturated heterocycles. The van der Waals surface area contributed by atoms with Gasteiger partial charge in [0, 0.05) is 24.5 Å². The second-order valence-corrected chi connectivity index (χ2v) is 7.45. The summed E-state index contributed by atoms with van der Waals surface area (Å²) in [7, 11) is 0. The van der Waals surface area contributed by atoms with Gasteiger partial charge in [0.15, 0.2) is 0 Å². The van der Waals surface area contributed by atoms with Crippen molar-refractivity contribution in [2.75, 3.05) is 36.5 Å². The molecule has 7 nitrogen and oxygen atoms in total. The summed E-state index contributed by atoms with van der Waals surface area (Å²) in [5.74, 6) is -0.260. The third-order valence-electron chi connectivity index (χ3n) is 4.98. The highest BCUT2D eigenvalue weighted by molar-refractivity contribution is 5.99. The van der Waals surface area contributed by atoms with Crippen LogP contribution in [0.25, 0.3) is 0 Å². The summed E-state index contributed by atoms with van der Waals surface area (Å²) in [6.07, 6.45) is 0. The summed E-state index contributed by atoms with van der Waals surface area (Å²) in [4.78, 5) is 40.0. The normalized spacial score (nSPS) is 13.7. The fraction of sp³-hybridized carbons (Fsp3) is 0.348. The van der Waals surface area contributed by atoms with Crippen molar-refractivity contribution in [3.8, 4) is 0 Å². The van der Waals surface area contributed by atoms with Gasteiger partial charge in [-0.15, -0.1) is 0 Å². The molecule has 0 spiro atoms. The maximum Gasteiger partial charge on any atom is 0.338 e. The van der Waals surface area contributed by atoms with Crippen LogP contribution in [0.3, 0.4) is 0 Å². The van der Waals surface area contributed by atoms with Gasteiger partial charge in [-0.05, 0) is 54.8 Å². The Kier molecular flexibility index (Phi) is 6.72. The molecule has 30 heavy (non-hydrogen) atoms. The number of esters is 1. The van der Waals surface area contributed by atoms with Crippen LogP contribution in [0.5, 0.6) is 0 Å². The van der Waals surface area contributed by atoms with Gasteiger partial charge in [0.25, 0.3) is 0 Å². The Hall–Kier alpha value is -3.35. The van der Waals surface area contributed by atoms with E-state index in [4.69, 9.17) is 4.74 Å². The second-order valence-electron chi connectivity index (χ2n) is 7.45. The van der Waals surface area contributed by atoms with Gasteiger partial charge in [-0.3, -0.25) is 9.69 Å². The van der Waals surface area contributed by atoms with Crippen LogP contribution in [0.1, 0.15) is 42.6 Å². The number of urea groups is 1. The average molecular weight is 409 g/mol. The fourth-order valence-corrected chi connectivity index (χ4v) is 3.29. The maximum atomic E-state index is 12.7. The Morgan fingerprint density at radius 1 is 1.03 bits per heavy atom. The first-order valence-electron chi connectivity index (χ1n) is 10.1. The highest BCUT2D eigenvalue weighted by Crippen LogP contribution is 2.23. The van der Waals surface area contributed by atoms with Crippen LogP contribution in [-0.2, 0) is 9.53 Å². The largest absolute Gasteiger partial charge is 0.462 e. The van der Waals surface area contributed by atoms with Crippen molar-refractivity contribution in [1.29, 1.82) is 0 Å². The first kappa shape index (κ1) is 21.4. The van der Waals surface area contributed by atoms with Crippen molar-refractivity contribution in [2.24, 2.45) is 0 Å². The quantitative estimate of drug-likeness (QED) is 0.704. The predicted molar refractivity (Wildman–Crippen MR) is 116 cm³/mol. The number of carbonyl (C=O) groups is 3. The minimum absolute atomic E-state index is 0.0287. The summed E-state index contributed by atoms with van der Waals surface area (Å²) in [6, 6.07) is 14.2. The topological polar surface area (TPSA) is 79.0 Å². The average Bonchev–Trinajstić information content (AvgIpc) is 3.08. The molecule has 0 atom stereocenters. The molecular formula is C23H27N3O4. The third-order valence-corrected chi connectivity index (χ3v) is 4.98. The lowest BCUT2D eigenvalue weighted by atomic mass is 10.0. The molecular weight excluding hydrogens is 382 g/mol. The van der Waals surface area contributed by atoms with Crippen molar-refractivity contribution >= 4 is 29.3 Å². The molecule has 2 aromatic carbocycles. The summed E-state index contributed by atoms with van der Waals surface area (Å²) < 4.78 is 4.94. The van der Waals surface area contributed by atoms with Crippen molar-refractivity contribution in [2.45, 2.75) is 26.7 Å². The first-order valence-corrected chi connectivity index (χ1v) is 10.1. The predicted octanol–water partition coefficient (Wildman–Crippen LogP) is 3.87. The van der Waals surface area contributed by atoms with Crippen LogP contribution < -0.4 is 10.2 Å². The van der Waals surface area contributed by atoms with Crippen molar-refractivity contribution in [3.63, 3.8) is 0 Å². The van der Waals surface area contributed by atoms with Crippen molar-refractivity contribution < 1.29 is 19.1 Å². The molecule has 0 radical (unpaired) electrons. The van der Waals surface area contributed by atoms with Gasteiger partial charge in [-0.1, -0.05) is 26.0 Å². The maximum absolute atomic E-state index is 12.7. The summed E-state index contributed by atoms with van der Waals surface area (Å²) in [5.41, 5.74) is 3.03. The molecule has 0 saturated carbocycles. The van der Waals surface area contributed by atoms with Gasteiger partial charge >= 0.3 is 12.0 Å². The van der Waals surface area contributed by atoms with Gasteiger partial charge in [-0.25, -0.2) is 9.59 Å². The molecule has 3 rings (SSSR count). The zero-order chi connectivity index (χ0) is 21.7. The molecule has 1 aliphatic heterocycles. The minimum Gasteiger partial charge on any atom is -0.462 e. The highest BCUT2D eigenvalue weighted by Gasteiger charge is 2.30. The smallest absolute Gasteiger partial charge is 0.338 e. The van der Waals surface area contributed by atoms with Crippen LogP contribution in [-0.4, -0.2) is 49.0 Å². The number of carbonyl (C=O) groups excluding carboxylic acids is 3. The molecule has 2 aromatic rings. The number of anilines is 2. The van der Waals surface area contributed by atoms with E-state index in [1.807, 2.05) is 24.3 Å². The van der Waals surface area contributed by atoms with Crippen molar-refractivity contribution in [1.82, 2.24) is 4.90 Å². The molecule has 3 amide bonds. The third kappa shape index (κ3) is 4.97. The van der Waals surface area contributed by atoms with E-state index < -0.39 is 5.97 Å². The lowest BCUT2D eigenvalue weighted by Crippen LogP contribution is -2.37. The molecule has 1 fully saturated rings. The standard InChI is InChI=1S/C23H27N3O4/c1-4-30-22(28)18-5-9-19(10-6-18)24-21(27)15-25-13-14-26(23(25)29)20-11-7-17(8-12-20)16(2)3/h5-12,16H,4,13-15H2,1-3H3,(H,24,27). The Balaban J connectivity index is 1.55. The first-order chi connectivity index (χ1) is 14.4. The number of nitrogens with zero attached hydrogens (tertiary/aromatic N) is 2. The number of ether oxygens (including phenoxy) is 1. The highest BCUT2D eigenvalue weighted by atomic mass is 16.5.